The number of hydrogen-bond donors (Lipinski definition) is 1. The normalized spacial score (nSPS) is 11.9. The van der Waals surface area contributed by atoms with Gasteiger partial charge in [-0.2, -0.15) is 0 Å². The quantitative estimate of drug-likeness (QED) is 0.247. The third-order valence-corrected chi connectivity index (χ3v) is 6.92. The van der Waals surface area contributed by atoms with Gasteiger partial charge in [-0.3, -0.25) is 14.4 Å². The van der Waals surface area contributed by atoms with Gasteiger partial charge in [-0.25, -0.2) is 22.9 Å². The van der Waals surface area contributed by atoms with E-state index < -0.39 is 41.1 Å². The summed E-state index contributed by atoms with van der Waals surface area (Å²) >= 11 is 0. The van der Waals surface area contributed by atoms with Gasteiger partial charge in [0.25, 0.3) is 11.5 Å². The lowest BCUT2D eigenvalue weighted by molar-refractivity contribution is -0.125. The maximum Gasteiger partial charge on any atom is 0.410 e. The predicted molar refractivity (Wildman–Crippen MR) is 165 cm³/mol. The first kappa shape index (κ1) is 33.5. The Balaban J connectivity index is 1.60. The highest BCUT2D eigenvalue weighted by Gasteiger charge is 2.25. The largest absolute Gasteiger partial charge is 0.436 e. The minimum Gasteiger partial charge on any atom is -0.436 e. The Kier molecular flexibility index (Phi) is 10.6. The molecule has 0 saturated heterocycles. The lowest BCUT2D eigenvalue weighted by atomic mass is 10.1. The maximum absolute atomic E-state index is 14.6. The number of benzene rings is 2. The number of carbonyl (C=O) groups is 3. The van der Waals surface area contributed by atoms with Gasteiger partial charge in [-0.1, -0.05) is 12.1 Å². The van der Waals surface area contributed by atoms with Crippen LogP contribution in [0.5, 0.6) is 0 Å². The number of amides is 3. The topological polar surface area (TPSA) is 119 Å². The van der Waals surface area contributed by atoms with E-state index in [0.29, 0.717) is 11.0 Å². The number of ether oxygens (including phenoxy) is 1. The molecule has 3 amide bonds. The van der Waals surface area contributed by atoms with Gasteiger partial charge in [0, 0.05) is 46.0 Å². The zero-order valence-electron chi connectivity index (χ0n) is 25.7. The molecule has 2 heterocycles. The lowest BCUT2D eigenvalue weighted by Gasteiger charge is -2.20. The molecule has 14 heteroatoms. The summed E-state index contributed by atoms with van der Waals surface area (Å²) in [5, 5.41) is 2.52. The number of nitrogens with one attached hydrogen (secondary N) is 1. The lowest BCUT2D eigenvalue weighted by Crippen LogP contribution is -2.37. The summed E-state index contributed by atoms with van der Waals surface area (Å²) in [6.07, 6.45) is 2.55. The fourth-order valence-corrected chi connectivity index (χ4v) is 4.44. The van der Waals surface area contributed by atoms with Crippen molar-refractivity contribution in [2.24, 2.45) is 0 Å². The SMILES string of the molecule is CN(C)C(=O)/C=C/CCC(OC(=O)N(C)C)C(=O)Nc1cccn(Cc2nc3ccc(F)cc3n2Cc2ccc(F)cc2F)c1=O. The summed E-state index contributed by atoms with van der Waals surface area (Å²) in [6, 6.07) is 9.92. The third kappa shape index (κ3) is 8.20. The standard InChI is InChI=1S/C32H33F3N6O5/c1-38(2)29(42)10-6-5-9-27(46-32(45)39(3)4)30(43)37-25-8-7-15-40(31(25)44)19-28-36-24-14-13-22(34)17-26(24)41(28)18-20-11-12-21(33)16-23(20)35/h6-8,10-17,27H,5,9,18-19H2,1-4H3,(H,37,43)/b10-6+. The highest BCUT2D eigenvalue weighted by atomic mass is 19.1. The first-order chi connectivity index (χ1) is 21.8. The van der Waals surface area contributed by atoms with E-state index in [2.05, 4.69) is 10.3 Å². The van der Waals surface area contributed by atoms with Crippen LogP contribution in [0, 0.1) is 17.5 Å². The molecular formula is C32H33F3N6O5. The van der Waals surface area contributed by atoms with Crippen molar-refractivity contribution < 1.29 is 32.3 Å². The van der Waals surface area contributed by atoms with Crippen molar-refractivity contribution in [3.8, 4) is 0 Å². The number of allylic oxidation sites excluding steroid dienone is 1. The summed E-state index contributed by atoms with van der Waals surface area (Å²) in [6.45, 7) is -0.272. The second-order valence-corrected chi connectivity index (χ2v) is 10.8. The van der Waals surface area contributed by atoms with E-state index in [4.69, 9.17) is 4.74 Å². The Bertz CT molecular complexity index is 1850. The van der Waals surface area contributed by atoms with Crippen LogP contribution in [0.1, 0.15) is 24.2 Å². The summed E-state index contributed by atoms with van der Waals surface area (Å²) in [7, 11) is 6.09. The van der Waals surface area contributed by atoms with E-state index in [1.54, 1.807) is 20.2 Å². The van der Waals surface area contributed by atoms with Crippen LogP contribution < -0.4 is 10.9 Å². The molecule has 0 spiro atoms. The molecule has 242 valence electrons. The Morgan fingerprint density at radius 1 is 0.978 bits per heavy atom. The average Bonchev–Trinajstić information content (AvgIpc) is 3.33. The van der Waals surface area contributed by atoms with Gasteiger partial charge in [-0.05, 0) is 55.3 Å². The zero-order valence-corrected chi connectivity index (χ0v) is 25.7. The number of hydrogen-bond acceptors (Lipinski definition) is 6. The molecule has 4 rings (SSSR count). The molecule has 2 aromatic heterocycles. The van der Waals surface area contributed by atoms with E-state index in [9.17, 15) is 32.3 Å². The molecule has 0 bridgehead atoms. The van der Waals surface area contributed by atoms with Crippen molar-refractivity contribution in [2.75, 3.05) is 33.5 Å². The van der Waals surface area contributed by atoms with E-state index in [1.807, 2.05) is 0 Å². The molecule has 0 fully saturated rings. The fourth-order valence-electron chi connectivity index (χ4n) is 4.44. The molecule has 4 aromatic rings. The average molecular weight is 639 g/mol. The Labute approximate surface area is 262 Å². The van der Waals surface area contributed by atoms with Crippen molar-refractivity contribution in [2.45, 2.75) is 32.0 Å². The summed E-state index contributed by atoms with van der Waals surface area (Å²) in [5.74, 6) is -2.83. The number of rotatable bonds is 11. The highest BCUT2D eigenvalue weighted by molar-refractivity contribution is 5.95. The van der Waals surface area contributed by atoms with Crippen molar-refractivity contribution in [1.82, 2.24) is 23.9 Å². The minimum absolute atomic E-state index is 0.0319. The number of aromatic nitrogens is 3. The fraction of sp³-hybridized carbons (Fsp3) is 0.281. The van der Waals surface area contributed by atoms with Crippen LogP contribution >= 0.6 is 0 Å². The molecule has 2 aromatic carbocycles. The van der Waals surface area contributed by atoms with Gasteiger partial charge in [-0.15, -0.1) is 0 Å². The Morgan fingerprint density at radius 2 is 1.70 bits per heavy atom. The van der Waals surface area contributed by atoms with Crippen LogP contribution in [-0.4, -0.2) is 76.1 Å². The summed E-state index contributed by atoms with van der Waals surface area (Å²) in [4.78, 5) is 57.8. The molecule has 1 N–H and O–H groups in total. The third-order valence-electron chi connectivity index (χ3n) is 6.92. The van der Waals surface area contributed by atoms with E-state index in [1.165, 1.54) is 76.8 Å². The number of pyridine rings is 1. The molecule has 46 heavy (non-hydrogen) atoms. The zero-order chi connectivity index (χ0) is 33.5. The highest BCUT2D eigenvalue weighted by Crippen LogP contribution is 2.22. The van der Waals surface area contributed by atoms with Gasteiger partial charge in [0.05, 0.1) is 24.1 Å². The molecule has 0 aliphatic carbocycles. The molecular weight excluding hydrogens is 605 g/mol. The van der Waals surface area contributed by atoms with E-state index in [0.717, 1.165) is 17.0 Å². The smallest absolute Gasteiger partial charge is 0.410 e. The summed E-state index contributed by atoms with van der Waals surface area (Å²) in [5.41, 5.74) is 0.114. The van der Waals surface area contributed by atoms with Crippen molar-refractivity contribution >= 4 is 34.6 Å². The van der Waals surface area contributed by atoms with Crippen molar-refractivity contribution in [1.29, 1.82) is 0 Å². The van der Waals surface area contributed by atoms with Gasteiger partial charge in [0.15, 0.2) is 6.10 Å². The molecule has 0 radical (unpaired) electrons. The van der Waals surface area contributed by atoms with Crippen LogP contribution in [0.25, 0.3) is 11.0 Å². The molecule has 1 unspecified atom stereocenters. The maximum atomic E-state index is 14.6. The molecule has 0 aliphatic heterocycles. The number of carbonyl (C=O) groups excluding carboxylic acids is 3. The summed E-state index contributed by atoms with van der Waals surface area (Å²) < 4.78 is 50.4. The van der Waals surface area contributed by atoms with Gasteiger partial charge >= 0.3 is 6.09 Å². The van der Waals surface area contributed by atoms with E-state index in [-0.39, 0.29) is 48.9 Å². The van der Waals surface area contributed by atoms with Crippen molar-refractivity contribution in [3.63, 3.8) is 0 Å². The van der Waals surface area contributed by atoms with Crippen molar-refractivity contribution in [3.05, 3.63) is 106 Å². The van der Waals surface area contributed by atoms with Crippen LogP contribution in [0.15, 0.2) is 71.7 Å². The monoisotopic (exact) mass is 638 g/mol. The number of imidazole rings is 1. The molecule has 1 atom stereocenters. The minimum atomic E-state index is -1.29. The Hall–Kier alpha value is -5.40. The van der Waals surface area contributed by atoms with Gasteiger partial charge in [0.1, 0.15) is 29.0 Å². The number of likely N-dealkylation sites (N-methyl/N-ethyl adjacent to an activating group) is 1. The molecule has 11 nitrogen and oxygen atoms in total. The number of fused-ring (bicyclic) bond motifs is 1. The predicted octanol–water partition coefficient (Wildman–Crippen LogP) is 4.14. The van der Waals surface area contributed by atoms with E-state index >= 15 is 0 Å². The first-order valence-electron chi connectivity index (χ1n) is 14.2. The second kappa shape index (κ2) is 14.6. The Morgan fingerprint density at radius 3 is 2.39 bits per heavy atom. The molecule has 0 aliphatic rings. The first-order valence-corrected chi connectivity index (χ1v) is 14.2. The van der Waals surface area contributed by atoms with Crippen LogP contribution in [0.3, 0.4) is 0 Å². The number of nitrogens with zero attached hydrogens (tertiary/aromatic N) is 5. The molecule has 0 saturated carbocycles. The second-order valence-electron chi connectivity index (χ2n) is 10.8. The van der Waals surface area contributed by atoms with Crippen LogP contribution in [0.2, 0.25) is 0 Å². The number of anilines is 1. The van der Waals surface area contributed by atoms with Crippen LogP contribution in [-0.2, 0) is 27.4 Å². The number of halogens is 3. The van der Waals surface area contributed by atoms with Crippen LogP contribution in [0.4, 0.5) is 23.7 Å². The van der Waals surface area contributed by atoms with Gasteiger partial charge < -0.3 is 29.0 Å². The van der Waals surface area contributed by atoms with Gasteiger partial charge in [0.2, 0.25) is 5.91 Å².